The van der Waals surface area contributed by atoms with Gasteiger partial charge in [-0.3, -0.25) is 19.7 Å². The second kappa shape index (κ2) is 19.0. The zero-order valence-electron chi connectivity index (χ0n) is 34.7. The summed E-state index contributed by atoms with van der Waals surface area (Å²) < 4.78 is 37.4. The van der Waals surface area contributed by atoms with Gasteiger partial charge in [0, 0.05) is 66.8 Å². The first-order valence-corrected chi connectivity index (χ1v) is 20.4. The molecule has 1 saturated heterocycles. The van der Waals surface area contributed by atoms with Crippen LogP contribution in [0.3, 0.4) is 0 Å². The van der Waals surface area contributed by atoms with Gasteiger partial charge >= 0.3 is 6.03 Å². The minimum Gasteiger partial charge on any atom is -0.386 e. The molecular formula is C46H48F2N8O6. The predicted molar refractivity (Wildman–Crippen MR) is 230 cm³/mol. The van der Waals surface area contributed by atoms with Crippen LogP contribution in [0.1, 0.15) is 65.7 Å². The van der Waals surface area contributed by atoms with Crippen LogP contribution in [0, 0.1) is 18.6 Å². The van der Waals surface area contributed by atoms with Crippen molar-refractivity contribution in [1.82, 2.24) is 35.1 Å². The molecule has 14 nitrogen and oxygen atoms in total. The molecule has 0 unspecified atom stereocenters. The lowest BCUT2D eigenvalue weighted by Gasteiger charge is -2.26. The number of anilines is 1. The summed E-state index contributed by atoms with van der Waals surface area (Å²) in [5, 5.41) is 19.3. The minimum absolute atomic E-state index is 0.139. The van der Waals surface area contributed by atoms with Gasteiger partial charge in [-0.05, 0) is 98.8 Å². The first kappa shape index (κ1) is 43.5. The van der Waals surface area contributed by atoms with E-state index in [1.54, 1.807) is 29.8 Å². The molecular weight excluding hydrogens is 799 g/mol. The molecule has 16 heteroatoms. The topological polar surface area (TPSA) is 184 Å². The van der Waals surface area contributed by atoms with E-state index in [1.807, 2.05) is 30.3 Å². The first-order chi connectivity index (χ1) is 29.7. The summed E-state index contributed by atoms with van der Waals surface area (Å²) in [5.74, 6) is -2.50. The molecule has 0 saturated carbocycles. The molecule has 3 aromatic heterocycles. The quantitative estimate of drug-likeness (QED) is 0.0636. The summed E-state index contributed by atoms with van der Waals surface area (Å²) in [4.78, 5) is 63.2. The summed E-state index contributed by atoms with van der Waals surface area (Å²) in [6.45, 7) is 7.97. The Morgan fingerprint density at radius 1 is 0.984 bits per heavy atom. The third-order valence-corrected chi connectivity index (χ3v) is 10.8. The van der Waals surface area contributed by atoms with E-state index in [1.165, 1.54) is 49.3 Å². The Labute approximate surface area is 356 Å². The molecule has 0 radical (unpaired) electrons. The predicted octanol–water partition coefficient (Wildman–Crippen LogP) is 6.55. The molecule has 1 aliphatic heterocycles. The Kier molecular flexibility index (Phi) is 13.3. The Balaban J connectivity index is 0.887. The van der Waals surface area contributed by atoms with Crippen LogP contribution in [0.2, 0.25) is 0 Å². The lowest BCUT2D eigenvalue weighted by molar-refractivity contribution is -0.121. The number of aromatic nitrogens is 4. The summed E-state index contributed by atoms with van der Waals surface area (Å²) in [6, 6.07) is 19.3. The van der Waals surface area contributed by atoms with Gasteiger partial charge < -0.3 is 34.9 Å². The van der Waals surface area contributed by atoms with Gasteiger partial charge in [0.2, 0.25) is 5.91 Å². The highest BCUT2D eigenvalue weighted by Crippen LogP contribution is 2.35. The van der Waals surface area contributed by atoms with Crippen molar-refractivity contribution in [2.75, 3.05) is 31.6 Å². The molecule has 1 aliphatic rings. The maximum atomic E-state index is 15.1. The smallest absolute Gasteiger partial charge is 0.324 e. The van der Waals surface area contributed by atoms with Crippen molar-refractivity contribution in [3.05, 3.63) is 135 Å². The maximum absolute atomic E-state index is 15.1. The number of aliphatic hydroxyl groups is 1. The van der Waals surface area contributed by atoms with Crippen LogP contribution in [0.4, 0.5) is 19.3 Å². The highest BCUT2D eigenvalue weighted by atomic mass is 19.1. The number of benzene rings is 3. The van der Waals surface area contributed by atoms with Crippen molar-refractivity contribution >= 4 is 34.6 Å². The number of nitrogens with one attached hydrogen (secondary N) is 4. The number of rotatable bonds is 17. The number of H-pyrrole nitrogens is 1. The molecule has 4 amide bonds. The van der Waals surface area contributed by atoms with E-state index in [0.29, 0.717) is 65.3 Å². The Morgan fingerprint density at radius 3 is 2.55 bits per heavy atom. The summed E-state index contributed by atoms with van der Waals surface area (Å²) >= 11 is 0. The molecule has 0 bridgehead atoms. The van der Waals surface area contributed by atoms with Gasteiger partial charge in [-0.15, -0.1) is 0 Å². The van der Waals surface area contributed by atoms with Crippen LogP contribution in [-0.2, 0) is 34.8 Å². The van der Waals surface area contributed by atoms with Crippen LogP contribution >= 0.6 is 0 Å². The van der Waals surface area contributed by atoms with Crippen molar-refractivity contribution in [1.29, 1.82) is 0 Å². The second-order valence-electron chi connectivity index (χ2n) is 15.8. The molecule has 6 aromatic rings. The first-order valence-electron chi connectivity index (χ1n) is 20.4. The van der Waals surface area contributed by atoms with E-state index < -0.39 is 29.2 Å². The van der Waals surface area contributed by atoms with E-state index in [-0.39, 0.29) is 42.2 Å². The fourth-order valence-corrected chi connectivity index (χ4v) is 7.23. The van der Waals surface area contributed by atoms with E-state index in [2.05, 4.69) is 30.9 Å². The van der Waals surface area contributed by atoms with Crippen LogP contribution in [0.25, 0.3) is 33.5 Å². The molecule has 7 rings (SSSR count). The summed E-state index contributed by atoms with van der Waals surface area (Å²) in [6.07, 6.45) is 5.04. The molecule has 1 fully saturated rings. The number of hydrogen-bond donors (Lipinski definition) is 5. The fourth-order valence-electron chi connectivity index (χ4n) is 7.23. The van der Waals surface area contributed by atoms with Gasteiger partial charge in [-0.1, -0.05) is 36.4 Å². The molecule has 5 N–H and O–H groups in total. The number of fused-ring (bicyclic) bond motifs is 1. The van der Waals surface area contributed by atoms with Crippen LogP contribution in [0.5, 0.6) is 0 Å². The van der Waals surface area contributed by atoms with Crippen molar-refractivity contribution in [2.45, 2.75) is 65.3 Å². The summed E-state index contributed by atoms with van der Waals surface area (Å²) in [7, 11) is 0. The SMILES string of the molecule is Cc1c(NC(=O)c2ccc(C(C)(C)O)cc2F)cc(F)cc1-c1ncnc2[nH]c(-c3ccc(CNCCCCOCCn4cccc(CN5CCC(=O)NC5=O)c4=O)cc3)cc12. The number of pyridine rings is 1. The van der Waals surface area contributed by atoms with Crippen LogP contribution in [0.15, 0.2) is 90.1 Å². The standard InChI is InChI=1S/C46H48F2N8O6/c1-28-35(22-33(47)23-38(28)53-43(58)34-13-12-32(21-37(34)48)46(2,3)61)41-36-24-39(52-42(36)51-27-50-41)30-10-8-29(9-11-30)25-49-15-4-5-19-62-20-18-55-16-6-7-31(44(55)59)26-56-17-14-40(57)54-45(56)60/h6-13,16,21-24,27,49,61H,4-5,14-15,17-20,25-26H2,1-3H3,(H,53,58)(H,50,51,52)(H,54,57,60). The van der Waals surface area contributed by atoms with E-state index >= 15 is 4.39 Å². The average Bonchev–Trinajstić information content (AvgIpc) is 3.68. The lowest BCUT2D eigenvalue weighted by Crippen LogP contribution is -2.49. The largest absolute Gasteiger partial charge is 0.386 e. The van der Waals surface area contributed by atoms with E-state index in [4.69, 9.17) is 4.74 Å². The Bertz CT molecular complexity index is 2670. The zero-order chi connectivity index (χ0) is 44.0. The summed E-state index contributed by atoms with van der Waals surface area (Å²) in [5.41, 5.74) is 4.00. The number of urea groups is 1. The van der Waals surface area contributed by atoms with E-state index in [0.717, 1.165) is 42.3 Å². The number of aromatic amines is 1. The highest BCUT2D eigenvalue weighted by Gasteiger charge is 2.24. The van der Waals surface area contributed by atoms with Crippen LogP contribution in [-0.4, -0.2) is 73.7 Å². The van der Waals surface area contributed by atoms with Gasteiger partial charge in [0.05, 0.1) is 30.0 Å². The van der Waals surface area contributed by atoms with Crippen molar-refractivity contribution in [3.8, 4) is 22.5 Å². The molecule has 3 aromatic carbocycles. The van der Waals surface area contributed by atoms with Gasteiger partial charge in [0.1, 0.15) is 23.6 Å². The number of carbonyl (C=O) groups is 3. The normalized spacial score (nSPS) is 13.2. The Morgan fingerprint density at radius 2 is 1.79 bits per heavy atom. The molecule has 4 heterocycles. The van der Waals surface area contributed by atoms with Crippen LogP contribution < -0.4 is 21.5 Å². The second-order valence-corrected chi connectivity index (χ2v) is 15.8. The lowest BCUT2D eigenvalue weighted by atomic mass is 9.96. The third kappa shape index (κ3) is 10.3. The average molecular weight is 847 g/mol. The third-order valence-electron chi connectivity index (χ3n) is 10.8. The van der Waals surface area contributed by atoms with Gasteiger partial charge in [-0.2, -0.15) is 0 Å². The molecule has 0 atom stereocenters. The molecule has 322 valence electrons. The molecule has 0 aliphatic carbocycles. The van der Waals surface area contributed by atoms with E-state index in [9.17, 15) is 28.7 Å². The Hall–Kier alpha value is -6.62. The fraction of sp³-hybridized carbons (Fsp3) is 0.304. The number of imide groups is 1. The highest BCUT2D eigenvalue weighted by molar-refractivity contribution is 6.06. The van der Waals surface area contributed by atoms with Crippen molar-refractivity contribution in [3.63, 3.8) is 0 Å². The maximum Gasteiger partial charge on any atom is 0.324 e. The number of hydrogen-bond acceptors (Lipinski definition) is 9. The minimum atomic E-state index is -1.29. The van der Waals surface area contributed by atoms with Gasteiger partial charge in [-0.25, -0.2) is 23.5 Å². The number of amides is 4. The number of halogens is 2. The zero-order valence-corrected chi connectivity index (χ0v) is 34.7. The van der Waals surface area contributed by atoms with Crippen molar-refractivity contribution in [2.24, 2.45) is 0 Å². The number of nitrogens with zero attached hydrogens (tertiary/aromatic N) is 4. The number of unbranched alkanes of at least 4 members (excludes halogenated alkanes) is 1. The monoisotopic (exact) mass is 846 g/mol. The number of carbonyl (C=O) groups excluding carboxylic acids is 3. The van der Waals surface area contributed by atoms with Gasteiger partial charge in [0.15, 0.2) is 0 Å². The van der Waals surface area contributed by atoms with Gasteiger partial charge in [0.25, 0.3) is 11.5 Å². The number of ether oxygens (including phenoxy) is 1. The van der Waals surface area contributed by atoms with Crippen molar-refractivity contribution < 1.29 is 33.0 Å². The molecule has 62 heavy (non-hydrogen) atoms. The molecule has 0 spiro atoms.